The van der Waals surface area contributed by atoms with Crippen LogP contribution >= 0.6 is 0 Å². The van der Waals surface area contributed by atoms with Gasteiger partial charge in [-0.3, -0.25) is 4.98 Å². The summed E-state index contributed by atoms with van der Waals surface area (Å²) >= 11 is 0. The predicted molar refractivity (Wildman–Crippen MR) is 68.8 cm³/mol. The molecule has 16 heavy (non-hydrogen) atoms. The summed E-state index contributed by atoms with van der Waals surface area (Å²) < 4.78 is 0. The molecule has 1 aliphatic carbocycles. The maximum Gasteiger partial charge on any atom is 0.0549 e. The number of hydrogen-bond donors (Lipinski definition) is 2. The van der Waals surface area contributed by atoms with Gasteiger partial charge in [0, 0.05) is 13.1 Å². The van der Waals surface area contributed by atoms with Crippen LogP contribution in [0.2, 0.25) is 0 Å². The molecule has 1 unspecified atom stereocenters. The van der Waals surface area contributed by atoms with E-state index < -0.39 is 0 Å². The van der Waals surface area contributed by atoms with Crippen LogP contribution in [0.3, 0.4) is 0 Å². The first-order valence-electron chi connectivity index (χ1n) is 6.01. The smallest absolute Gasteiger partial charge is 0.0549 e. The molecule has 0 bridgehead atoms. The molecule has 0 amide bonds. The van der Waals surface area contributed by atoms with E-state index in [1.54, 1.807) is 0 Å². The number of hydrogen-bond acceptors (Lipinski definition) is 3. The molecule has 2 N–H and O–H groups in total. The zero-order chi connectivity index (χ0) is 11.6. The van der Waals surface area contributed by atoms with E-state index in [4.69, 9.17) is 0 Å². The first-order valence-corrected chi connectivity index (χ1v) is 6.01. The zero-order valence-corrected chi connectivity index (χ0v) is 10.4. The van der Waals surface area contributed by atoms with Crippen LogP contribution in [0.5, 0.6) is 0 Å². The summed E-state index contributed by atoms with van der Waals surface area (Å²) in [5.74, 6) is 0. The fraction of sp³-hybridized carbons (Fsp3) is 0.615. The topological polar surface area (TPSA) is 37.0 Å². The first kappa shape index (κ1) is 11.2. The minimum atomic E-state index is 0.398. The molecule has 0 aliphatic heterocycles. The molecule has 1 saturated carbocycles. The van der Waals surface area contributed by atoms with Crippen molar-refractivity contribution >= 4 is 11.4 Å². The van der Waals surface area contributed by atoms with Crippen molar-refractivity contribution in [3.8, 4) is 0 Å². The summed E-state index contributed by atoms with van der Waals surface area (Å²) in [5.41, 5.74) is 2.57. The van der Waals surface area contributed by atoms with Crippen molar-refractivity contribution in [3.63, 3.8) is 0 Å². The van der Waals surface area contributed by atoms with E-state index in [9.17, 15) is 0 Å². The fourth-order valence-electron chi connectivity index (χ4n) is 2.45. The molecular weight excluding hydrogens is 198 g/mol. The van der Waals surface area contributed by atoms with Gasteiger partial charge in [0.15, 0.2) is 0 Å². The van der Waals surface area contributed by atoms with Gasteiger partial charge in [0.05, 0.1) is 23.8 Å². The number of nitrogens with zero attached hydrogens (tertiary/aromatic N) is 1. The lowest BCUT2D eigenvalue weighted by Gasteiger charge is -2.28. The van der Waals surface area contributed by atoms with Crippen molar-refractivity contribution in [1.82, 2.24) is 4.98 Å². The lowest BCUT2D eigenvalue weighted by Crippen LogP contribution is -2.30. The van der Waals surface area contributed by atoms with Crippen molar-refractivity contribution in [3.05, 3.63) is 18.5 Å². The number of pyridine rings is 1. The monoisotopic (exact) mass is 219 g/mol. The van der Waals surface area contributed by atoms with Gasteiger partial charge in [-0.1, -0.05) is 20.3 Å². The molecule has 0 aromatic carbocycles. The van der Waals surface area contributed by atoms with Crippen molar-refractivity contribution in [2.45, 2.75) is 39.2 Å². The molecular formula is C13H21N3. The summed E-state index contributed by atoms with van der Waals surface area (Å²) in [5, 5.41) is 6.71. The maximum absolute atomic E-state index is 4.22. The standard InChI is InChI=1S/C13H21N3/c1-13(2)6-4-5-12(13)16-11-7-10(14-3)8-15-9-11/h7-9,12,14,16H,4-6H2,1-3H3. The molecule has 1 aromatic heterocycles. The Labute approximate surface area is 97.7 Å². The highest BCUT2D eigenvalue weighted by molar-refractivity contribution is 5.54. The predicted octanol–water partition coefficient (Wildman–Crippen LogP) is 3.11. The van der Waals surface area contributed by atoms with Gasteiger partial charge in [-0.2, -0.15) is 0 Å². The maximum atomic E-state index is 4.22. The molecule has 0 saturated heterocycles. The Hall–Kier alpha value is -1.25. The number of nitrogens with one attached hydrogen (secondary N) is 2. The number of anilines is 2. The fourth-order valence-corrected chi connectivity index (χ4v) is 2.45. The highest BCUT2D eigenvalue weighted by Gasteiger charge is 2.34. The molecule has 1 aromatic rings. The van der Waals surface area contributed by atoms with Crippen LogP contribution < -0.4 is 10.6 Å². The van der Waals surface area contributed by atoms with Gasteiger partial charge in [0.1, 0.15) is 0 Å². The van der Waals surface area contributed by atoms with Gasteiger partial charge in [-0.25, -0.2) is 0 Å². The van der Waals surface area contributed by atoms with Gasteiger partial charge in [0.25, 0.3) is 0 Å². The van der Waals surface area contributed by atoms with Gasteiger partial charge >= 0.3 is 0 Å². The summed E-state index contributed by atoms with van der Waals surface area (Å²) in [7, 11) is 1.92. The Bertz CT molecular complexity index is 360. The molecule has 1 fully saturated rings. The molecule has 1 heterocycles. The third-order valence-corrected chi connectivity index (χ3v) is 3.63. The number of aromatic nitrogens is 1. The summed E-state index contributed by atoms with van der Waals surface area (Å²) in [4.78, 5) is 4.22. The minimum Gasteiger partial charge on any atom is -0.387 e. The molecule has 0 spiro atoms. The van der Waals surface area contributed by atoms with Gasteiger partial charge in [-0.05, 0) is 24.3 Å². The average molecular weight is 219 g/mol. The largest absolute Gasteiger partial charge is 0.387 e. The Morgan fingerprint density at radius 2 is 2.06 bits per heavy atom. The van der Waals surface area contributed by atoms with Crippen molar-refractivity contribution in [2.24, 2.45) is 5.41 Å². The Kier molecular flexibility index (Phi) is 3.03. The van der Waals surface area contributed by atoms with Crippen LogP contribution in [-0.4, -0.2) is 18.1 Å². The van der Waals surface area contributed by atoms with E-state index in [-0.39, 0.29) is 0 Å². The molecule has 1 aliphatic rings. The Morgan fingerprint density at radius 1 is 1.31 bits per heavy atom. The summed E-state index contributed by atoms with van der Waals surface area (Å²) in [6.07, 6.45) is 7.63. The third-order valence-electron chi connectivity index (χ3n) is 3.63. The Balaban J connectivity index is 2.08. The number of rotatable bonds is 3. The van der Waals surface area contributed by atoms with E-state index in [0.717, 1.165) is 11.4 Å². The minimum absolute atomic E-state index is 0.398. The molecule has 1 atom stereocenters. The molecule has 88 valence electrons. The normalized spacial score (nSPS) is 23.1. The molecule has 3 heteroatoms. The van der Waals surface area contributed by atoms with Gasteiger partial charge in [-0.15, -0.1) is 0 Å². The van der Waals surface area contributed by atoms with Crippen molar-refractivity contribution in [2.75, 3.05) is 17.7 Å². The third kappa shape index (κ3) is 2.29. The van der Waals surface area contributed by atoms with Gasteiger partial charge in [0.2, 0.25) is 0 Å². The quantitative estimate of drug-likeness (QED) is 0.820. The van der Waals surface area contributed by atoms with E-state index in [1.165, 1.54) is 19.3 Å². The van der Waals surface area contributed by atoms with Crippen LogP contribution in [0.1, 0.15) is 33.1 Å². The first-order chi connectivity index (χ1) is 7.62. The average Bonchev–Trinajstić information content (AvgIpc) is 2.59. The second-order valence-corrected chi connectivity index (χ2v) is 5.29. The Morgan fingerprint density at radius 3 is 2.69 bits per heavy atom. The van der Waals surface area contributed by atoms with Crippen LogP contribution in [0.25, 0.3) is 0 Å². The zero-order valence-electron chi connectivity index (χ0n) is 10.4. The van der Waals surface area contributed by atoms with Crippen LogP contribution in [0.15, 0.2) is 18.5 Å². The highest BCUT2D eigenvalue weighted by atomic mass is 15.0. The molecule has 3 nitrogen and oxygen atoms in total. The second kappa shape index (κ2) is 4.32. The van der Waals surface area contributed by atoms with Gasteiger partial charge < -0.3 is 10.6 Å². The van der Waals surface area contributed by atoms with E-state index >= 15 is 0 Å². The second-order valence-electron chi connectivity index (χ2n) is 5.29. The summed E-state index contributed by atoms with van der Waals surface area (Å²) in [6, 6.07) is 2.68. The van der Waals surface area contributed by atoms with Crippen LogP contribution in [0.4, 0.5) is 11.4 Å². The van der Waals surface area contributed by atoms with Crippen LogP contribution in [-0.2, 0) is 0 Å². The van der Waals surface area contributed by atoms with E-state index in [2.05, 4.69) is 35.5 Å². The van der Waals surface area contributed by atoms with E-state index in [1.807, 2.05) is 19.4 Å². The van der Waals surface area contributed by atoms with Crippen molar-refractivity contribution in [1.29, 1.82) is 0 Å². The molecule has 2 rings (SSSR count). The molecule has 0 radical (unpaired) electrons. The van der Waals surface area contributed by atoms with E-state index in [0.29, 0.717) is 11.5 Å². The highest BCUT2D eigenvalue weighted by Crippen LogP contribution is 2.39. The SMILES string of the molecule is CNc1cncc(NC2CCCC2(C)C)c1. The van der Waals surface area contributed by atoms with Crippen LogP contribution in [0, 0.1) is 5.41 Å². The lowest BCUT2D eigenvalue weighted by molar-refractivity contribution is 0.350. The summed E-state index contributed by atoms with van der Waals surface area (Å²) in [6.45, 7) is 4.68. The van der Waals surface area contributed by atoms with Crippen molar-refractivity contribution < 1.29 is 0 Å². The lowest BCUT2D eigenvalue weighted by atomic mass is 9.87.